The van der Waals surface area contributed by atoms with Crippen molar-refractivity contribution < 1.29 is 22.7 Å². The number of thiophene rings is 1. The molecule has 0 radical (unpaired) electrons. The molecule has 0 unspecified atom stereocenters. The second kappa shape index (κ2) is 9.28. The summed E-state index contributed by atoms with van der Waals surface area (Å²) in [6.45, 7) is 4.23. The molecule has 3 heterocycles. The number of amides is 2. The molecule has 33 heavy (non-hydrogen) atoms. The normalized spacial score (nSPS) is 22.6. The van der Waals surface area contributed by atoms with Gasteiger partial charge in [-0.1, -0.05) is 19.9 Å². The largest absolute Gasteiger partial charge is 0.495 e. The molecule has 2 aliphatic heterocycles. The van der Waals surface area contributed by atoms with Gasteiger partial charge in [0.05, 0.1) is 17.7 Å². The Labute approximate surface area is 202 Å². The van der Waals surface area contributed by atoms with Crippen molar-refractivity contribution in [3.8, 4) is 5.75 Å². The lowest BCUT2D eigenvalue weighted by molar-refractivity contribution is -0.136. The number of nitrogens with one attached hydrogen (secondary N) is 1. The van der Waals surface area contributed by atoms with E-state index in [0.717, 1.165) is 4.88 Å². The number of benzene rings is 1. The highest BCUT2D eigenvalue weighted by Gasteiger charge is 2.57. The van der Waals surface area contributed by atoms with Crippen LogP contribution >= 0.6 is 23.1 Å². The first-order chi connectivity index (χ1) is 15.8. The lowest BCUT2D eigenvalue weighted by Gasteiger charge is -2.32. The predicted octanol–water partition coefficient (Wildman–Crippen LogP) is 3.32. The predicted molar refractivity (Wildman–Crippen MR) is 130 cm³/mol. The summed E-state index contributed by atoms with van der Waals surface area (Å²) in [6.07, 6.45) is 1.07. The van der Waals surface area contributed by atoms with E-state index in [-0.39, 0.29) is 22.4 Å². The number of sulfonamides is 1. The van der Waals surface area contributed by atoms with Gasteiger partial charge in [-0.3, -0.25) is 9.59 Å². The standard InChI is InChI=1S/C22H27N3O5S3/c1-4-24(5-2)33(28,29)15-8-9-18(30-3)16(13-15)23-21(27)17-14-32-22(19-7-6-12-31-19)11-10-20(26)25(17)22/h6-9,12-13,17H,4-5,10-11,14H2,1-3H3,(H,23,27)/t17-,22+/m0/s1. The quantitative estimate of drug-likeness (QED) is 0.587. The smallest absolute Gasteiger partial charge is 0.248 e. The monoisotopic (exact) mass is 509 g/mol. The van der Waals surface area contributed by atoms with E-state index in [1.165, 1.54) is 29.6 Å². The van der Waals surface area contributed by atoms with Crippen molar-refractivity contribution in [2.45, 2.75) is 42.5 Å². The van der Waals surface area contributed by atoms with Crippen molar-refractivity contribution in [3.63, 3.8) is 0 Å². The van der Waals surface area contributed by atoms with Gasteiger partial charge in [0.25, 0.3) is 0 Å². The van der Waals surface area contributed by atoms with Crippen LogP contribution in [0.4, 0.5) is 5.69 Å². The van der Waals surface area contributed by atoms with Gasteiger partial charge in [0.2, 0.25) is 21.8 Å². The number of carbonyl (C=O) groups is 2. The molecule has 1 N–H and O–H groups in total. The van der Waals surface area contributed by atoms with Crippen LogP contribution < -0.4 is 10.1 Å². The highest BCUT2D eigenvalue weighted by atomic mass is 32.2. The number of thioether (sulfide) groups is 1. The van der Waals surface area contributed by atoms with E-state index in [9.17, 15) is 18.0 Å². The second-order valence-corrected chi connectivity index (χ2v) is 12.0. The molecule has 1 aromatic heterocycles. The van der Waals surface area contributed by atoms with Crippen molar-refractivity contribution in [1.82, 2.24) is 9.21 Å². The number of hydrogen-bond acceptors (Lipinski definition) is 7. The average molecular weight is 510 g/mol. The first-order valence-electron chi connectivity index (χ1n) is 10.8. The van der Waals surface area contributed by atoms with Crippen molar-refractivity contribution in [2.24, 2.45) is 0 Å². The number of anilines is 1. The minimum atomic E-state index is -3.71. The summed E-state index contributed by atoms with van der Waals surface area (Å²) < 4.78 is 32.7. The first kappa shape index (κ1) is 24.1. The summed E-state index contributed by atoms with van der Waals surface area (Å²) >= 11 is 3.20. The van der Waals surface area contributed by atoms with E-state index < -0.39 is 20.9 Å². The molecule has 2 amide bonds. The topological polar surface area (TPSA) is 96.0 Å². The van der Waals surface area contributed by atoms with Crippen molar-refractivity contribution in [2.75, 3.05) is 31.3 Å². The zero-order chi connectivity index (χ0) is 23.8. The zero-order valence-corrected chi connectivity index (χ0v) is 21.2. The molecule has 1 aromatic carbocycles. The van der Waals surface area contributed by atoms with E-state index in [2.05, 4.69) is 5.32 Å². The van der Waals surface area contributed by atoms with Crippen LogP contribution in [0.5, 0.6) is 5.75 Å². The van der Waals surface area contributed by atoms with Gasteiger partial charge in [-0.2, -0.15) is 4.31 Å². The van der Waals surface area contributed by atoms with Crippen LogP contribution in [0.15, 0.2) is 40.6 Å². The van der Waals surface area contributed by atoms with Gasteiger partial charge in [-0.05, 0) is 36.1 Å². The zero-order valence-electron chi connectivity index (χ0n) is 18.7. The number of rotatable bonds is 8. The summed E-state index contributed by atoms with van der Waals surface area (Å²) in [5, 5.41) is 4.81. The van der Waals surface area contributed by atoms with Crippen molar-refractivity contribution in [1.29, 1.82) is 0 Å². The highest BCUT2D eigenvalue weighted by molar-refractivity contribution is 8.00. The van der Waals surface area contributed by atoms with E-state index in [4.69, 9.17) is 4.74 Å². The Kier molecular flexibility index (Phi) is 6.77. The molecule has 2 aromatic rings. The number of nitrogens with zero attached hydrogens (tertiary/aromatic N) is 2. The Morgan fingerprint density at radius 3 is 2.70 bits per heavy atom. The third kappa shape index (κ3) is 4.05. The Hall–Kier alpha value is -2.08. The molecule has 11 heteroatoms. The van der Waals surface area contributed by atoms with E-state index in [0.29, 0.717) is 37.4 Å². The van der Waals surface area contributed by atoms with Crippen LogP contribution in [0.1, 0.15) is 31.6 Å². The molecule has 8 nitrogen and oxygen atoms in total. The van der Waals surface area contributed by atoms with Crippen molar-refractivity contribution in [3.05, 3.63) is 40.6 Å². The molecule has 2 fully saturated rings. The lowest BCUT2D eigenvalue weighted by atomic mass is 10.1. The fraction of sp³-hybridized carbons (Fsp3) is 0.455. The number of methoxy groups -OCH3 is 1. The van der Waals surface area contributed by atoms with Crippen molar-refractivity contribution >= 4 is 50.6 Å². The first-order valence-corrected chi connectivity index (χ1v) is 14.1. The summed E-state index contributed by atoms with van der Waals surface area (Å²) in [4.78, 5) is 28.5. The SMILES string of the molecule is CCN(CC)S(=O)(=O)c1ccc(OC)c(NC(=O)[C@@H]2CS[C@@]3(c4cccs4)CCC(=O)N23)c1. The number of ether oxygens (including phenoxy) is 1. The van der Waals surface area contributed by atoms with E-state index in [1.807, 2.05) is 17.5 Å². The summed E-state index contributed by atoms with van der Waals surface area (Å²) in [5.41, 5.74) is 0.265. The molecule has 0 spiro atoms. The van der Waals surface area contributed by atoms with Gasteiger partial charge in [0.15, 0.2) is 0 Å². The minimum Gasteiger partial charge on any atom is -0.495 e. The van der Waals surface area contributed by atoms with Gasteiger partial charge in [-0.15, -0.1) is 23.1 Å². The van der Waals surface area contributed by atoms with Gasteiger partial charge in [0, 0.05) is 30.1 Å². The van der Waals surface area contributed by atoms with Gasteiger partial charge < -0.3 is 15.0 Å². The van der Waals surface area contributed by atoms with Crippen LogP contribution in [0, 0.1) is 0 Å². The van der Waals surface area contributed by atoms with Crippen LogP contribution in [0.2, 0.25) is 0 Å². The molecular formula is C22H27N3O5S3. The Morgan fingerprint density at radius 2 is 2.06 bits per heavy atom. The molecule has 178 valence electrons. The lowest BCUT2D eigenvalue weighted by Crippen LogP contribution is -2.47. The minimum absolute atomic E-state index is 0.0432. The van der Waals surface area contributed by atoms with E-state index >= 15 is 0 Å². The molecule has 0 saturated carbocycles. The Bertz CT molecular complexity index is 1150. The number of hydrogen-bond donors (Lipinski definition) is 1. The van der Waals surface area contributed by atoms with Gasteiger partial charge in [-0.25, -0.2) is 8.42 Å². The molecule has 0 aliphatic carbocycles. The third-order valence-electron chi connectivity index (χ3n) is 6.11. The second-order valence-electron chi connectivity index (χ2n) is 7.79. The fourth-order valence-corrected chi connectivity index (χ4v) is 8.67. The number of carbonyl (C=O) groups excluding carboxylic acids is 2. The summed E-state index contributed by atoms with van der Waals surface area (Å²) in [7, 11) is -2.25. The van der Waals surface area contributed by atoms with E-state index in [1.54, 1.807) is 41.8 Å². The molecular weight excluding hydrogens is 482 g/mol. The molecule has 2 saturated heterocycles. The number of fused-ring (bicyclic) bond motifs is 1. The van der Waals surface area contributed by atoms with Crippen LogP contribution in [-0.2, 0) is 24.5 Å². The maximum absolute atomic E-state index is 13.4. The molecule has 0 bridgehead atoms. The summed E-state index contributed by atoms with van der Waals surface area (Å²) in [6, 6.07) is 7.74. The van der Waals surface area contributed by atoms with Crippen LogP contribution in [0.3, 0.4) is 0 Å². The molecule has 4 rings (SSSR count). The Morgan fingerprint density at radius 1 is 1.30 bits per heavy atom. The van der Waals surface area contributed by atoms with Gasteiger partial charge in [0.1, 0.15) is 16.7 Å². The Balaban J connectivity index is 1.63. The van der Waals surface area contributed by atoms with Crippen LogP contribution in [0.25, 0.3) is 0 Å². The maximum atomic E-state index is 13.4. The highest BCUT2D eigenvalue weighted by Crippen LogP contribution is 2.55. The third-order valence-corrected chi connectivity index (χ3v) is 10.9. The molecule has 2 atom stereocenters. The van der Waals surface area contributed by atoms with Gasteiger partial charge >= 0.3 is 0 Å². The summed E-state index contributed by atoms with van der Waals surface area (Å²) in [5.74, 6) is 0.421. The molecule has 2 aliphatic rings. The maximum Gasteiger partial charge on any atom is 0.248 e. The van der Waals surface area contributed by atoms with Crippen LogP contribution in [-0.4, -0.2) is 61.4 Å². The fourth-order valence-electron chi connectivity index (χ4n) is 4.46. The average Bonchev–Trinajstić information content (AvgIpc) is 3.52.